The van der Waals surface area contributed by atoms with Gasteiger partial charge in [0, 0.05) is 30.9 Å². The zero-order valence-corrected chi connectivity index (χ0v) is 15.6. The Hall–Kier alpha value is -2.94. The molecule has 9 heteroatoms. The molecule has 1 aromatic heterocycles. The van der Waals surface area contributed by atoms with E-state index in [1.165, 1.54) is 0 Å². The van der Waals surface area contributed by atoms with Gasteiger partial charge in [0.25, 0.3) is 0 Å². The number of carboxylic acids is 1. The standard InChI is InChI=1S/C19H23N3O6/c1-26-14-6-4-12(5-7-14)18-21-16(28-22-18)9-8-15(23)20-17(19(24)25)13-3-2-10-27-11-13/h4-7,13,17H,2-3,8-11H2,1H3,(H,20,23)(H,24,25). The molecule has 2 aromatic rings. The summed E-state index contributed by atoms with van der Waals surface area (Å²) >= 11 is 0. The van der Waals surface area contributed by atoms with Crippen molar-refractivity contribution >= 4 is 11.9 Å². The van der Waals surface area contributed by atoms with Crippen LogP contribution in [0, 0.1) is 5.92 Å². The third-order valence-corrected chi connectivity index (χ3v) is 4.63. The van der Waals surface area contributed by atoms with E-state index in [0.29, 0.717) is 31.3 Å². The number of carbonyl (C=O) groups excluding carboxylic acids is 1. The Morgan fingerprint density at radius 2 is 2.14 bits per heavy atom. The van der Waals surface area contributed by atoms with E-state index in [9.17, 15) is 14.7 Å². The SMILES string of the molecule is COc1ccc(-c2noc(CCC(=O)NC(C(=O)O)C3CCCOC3)n2)cc1. The van der Waals surface area contributed by atoms with Gasteiger partial charge in [0.1, 0.15) is 11.8 Å². The zero-order valence-electron chi connectivity index (χ0n) is 15.6. The fraction of sp³-hybridized carbons (Fsp3) is 0.474. The second-order valence-electron chi connectivity index (χ2n) is 6.60. The van der Waals surface area contributed by atoms with Crippen molar-refractivity contribution in [2.75, 3.05) is 20.3 Å². The number of nitrogens with one attached hydrogen (secondary N) is 1. The van der Waals surface area contributed by atoms with E-state index in [4.69, 9.17) is 14.0 Å². The quantitative estimate of drug-likeness (QED) is 0.699. The van der Waals surface area contributed by atoms with Gasteiger partial charge >= 0.3 is 5.97 Å². The van der Waals surface area contributed by atoms with Crippen LogP contribution in [-0.4, -0.2) is 53.5 Å². The van der Waals surface area contributed by atoms with Crippen LogP contribution in [0.25, 0.3) is 11.4 Å². The minimum Gasteiger partial charge on any atom is -0.497 e. The molecule has 9 nitrogen and oxygen atoms in total. The first kappa shape index (κ1) is 19.8. The highest BCUT2D eigenvalue weighted by Crippen LogP contribution is 2.20. The lowest BCUT2D eigenvalue weighted by Crippen LogP contribution is -2.48. The van der Waals surface area contributed by atoms with Gasteiger partial charge in [-0.25, -0.2) is 4.79 Å². The Bertz CT molecular complexity index is 798. The van der Waals surface area contributed by atoms with Crippen LogP contribution in [0.2, 0.25) is 0 Å². The number of aryl methyl sites for hydroxylation is 1. The number of amides is 1. The van der Waals surface area contributed by atoms with Crippen LogP contribution in [-0.2, 0) is 20.7 Å². The molecule has 1 aliphatic heterocycles. The molecule has 150 valence electrons. The fourth-order valence-corrected chi connectivity index (χ4v) is 3.09. The average Bonchev–Trinajstić information content (AvgIpc) is 3.20. The zero-order chi connectivity index (χ0) is 19.9. The Labute approximate surface area is 162 Å². The van der Waals surface area contributed by atoms with Gasteiger partial charge in [0.2, 0.25) is 17.6 Å². The summed E-state index contributed by atoms with van der Waals surface area (Å²) in [6, 6.07) is 6.25. The lowest BCUT2D eigenvalue weighted by Gasteiger charge is -2.28. The summed E-state index contributed by atoms with van der Waals surface area (Å²) in [6.45, 7) is 0.969. The van der Waals surface area contributed by atoms with Crippen molar-refractivity contribution in [3.05, 3.63) is 30.2 Å². The van der Waals surface area contributed by atoms with Crippen molar-refractivity contribution in [1.82, 2.24) is 15.5 Å². The average molecular weight is 389 g/mol. The number of methoxy groups -OCH3 is 1. The van der Waals surface area contributed by atoms with E-state index < -0.39 is 12.0 Å². The highest BCUT2D eigenvalue weighted by Gasteiger charge is 2.31. The molecule has 2 atom stereocenters. The molecule has 3 rings (SSSR count). The number of aromatic nitrogens is 2. The molecule has 28 heavy (non-hydrogen) atoms. The van der Waals surface area contributed by atoms with Crippen LogP contribution in [0.5, 0.6) is 5.75 Å². The summed E-state index contributed by atoms with van der Waals surface area (Å²) in [5, 5.41) is 15.9. The number of rotatable bonds is 8. The molecule has 2 heterocycles. The van der Waals surface area contributed by atoms with E-state index in [1.807, 2.05) is 12.1 Å². The number of hydrogen-bond acceptors (Lipinski definition) is 7. The number of ether oxygens (including phenoxy) is 2. The monoisotopic (exact) mass is 389 g/mol. The summed E-state index contributed by atoms with van der Waals surface area (Å²) in [7, 11) is 1.59. The number of aliphatic carboxylic acids is 1. The Balaban J connectivity index is 1.53. The first-order valence-corrected chi connectivity index (χ1v) is 9.13. The summed E-state index contributed by atoms with van der Waals surface area (Å²) < 4.78 is 15.6. The van der Waals surface area contributed by atoms with Crippen LogP contribution < -0.4 is 10.1 Å². The lowest BCUT2D eigenvalue weighted by atomic mass is 9.93. The molecule has 0 aliphatic carbocycles. The Morgan fingerprint density at radius 3 is 2.79 bits per heavy atom. The highest BCUT2D eigenvalue weighted by molar-refractivity contribution is 5.83. The van der Waals surface area contributed by atoms with Crippen LogP contribution in [0.4, 0.5) is 0 Å². The second-order valence-corrected chi connectivity index (χ2v) is 6.60. The van der Waals surface area contributed by atoms with E-state index in [1.54, 1.807) is 19.2 Å². The predicted molar refractivity (Wildman–Crippen MR) is 97.7 cm³/mol. The highest BCUT2D eigenvalue weighted by atomic mass is 16.5. The second kappa shape index (κ2) is 9.32. The van der Waals surface area contributed by atoms with Gasteiger partial charge < -0.3 is 24.4 Å². The molecular weight excluding hydrogens is 366 g/mol. The fourth-order valence-electron chi connectivity index (χ4n) is 3.09. The third-order valence-electron chi connectivity index (χ3n) is 4.63. The molecule has 0 spiro atoms. The number of carboxylic acid groups (broad SMARTS) is 1. The maximum absolute atomic E-state index is 12.2. The summed E-state index contributed by atoms with van der Waals surface area (Å²) in [5.41, 5.74) is 0.767. The van der Waals surface area contributed by atoms with Gasteiger partial charge in [0.15, 0.2) is 0 Å². The number of benzene rings is 1. The molecular formula is C19H23N3O6. The molecule has 0 saturated carbocycles. The molecule has 1 aromatic carbocycles. The maximum Gasteiger partial charge on any atom is 0.326 e. The minimum atomic E-state index is -1.05. The molecule has 1 fully saturated rings. The van der Waals surface area contributed by atoms with Gasteiger partial charge in [-0.05, 0) is 37.1 Å². The first-order valence-electron chi connectivity index (χ1n) is 9.13. The molecule has 2 unspecified atom stereocenters. The molecule has 0 radical (unpaired) electrons. The largest absolute Gasteiger partial charge is 0.497 e. The topological polar surface area (TPSA) is 124 Å². The first-order chi connectivity index (χ1) is 13.6. The maximum atomic E-state index is 12.2. The van der Waals surface area contributed by atoms with Gasteiger partial charge in [-0.1, -0.05) is 5.16 Å². The van der Waals surface area contributed by atoms with E-state index >= 15 is 0 Å². The van der Waals surface area contributed by atoms with Crippen molar-refractivity contribution in [2.24, 2.45) is 5.92 Å². The van der Waals surface area contributed by atoms with Crippen molar-refractivity contribution in [1.29, 1.82) is 0 Å². The minimum absolute atomic E-state index is 0.0571. The summed E-state index contributed by atoms with van der Waals surface area (Å²) in [5.74, 6) is -0.193. The van der Waals surface area contributed by atoms with Gasteiger partial charge in [-0.3, -0.25) is 4.79 Å². The molecule has 0 bridgehead atoms. The van der Waals surface area contributed by atoms with E-state index in [-0.39, 0.29) is 24.7 Å². The normalized spacial score (nSPS) is 17.7. The molecule has 2 N–H and O–H groups in total. The number of nitrogens with zero attached hydrogens (tertiary/aromatic N) is 2. The summed E-state index contributed by atoms with van der Waals surface area (Å²) in [6.07, 6.45) is 1.79. The predicted octanol–water partition coefficient (Wildman–Crippen LogP) is 1.67. The number of carbonyl (C=O) groups is 2. The van der Waals surface area contributed by atoms with Crippen molar-refractivity contribution < 1.29 is 28.7 Å². The Morgan fingerprint density at radius 1 is 1.36 bits per heavy atom. The van der Waals surface area contributed by atoms with Crippen molar-refractivity contribution in [3.63, 3.8) is 0 Å². The molecule has 1 amide bonds. The summed E-state index contributed by atoms with van der Waals surface area (Å²) in [4.78, 5) is 28.0. The third kappa shape index (κ3) is 5.07. The van der Waals surface area contributed by atoms with Crippen LogP contribution in [0.15, 0.2) is 28.8 Å². The van der Waals surface area contributed by atoms with Crippen molar-refractivity contribution in [3.8, 4) is 17.1 Å². The number of hydrogen-bond donors (Lipinski definition) is 2. The van der Waals surface area contributed by atoms with Gasteiger partial charge in [-0.15, -0.1) is 0 Å². The van der Waals surface area contributed by atoms with Crippen LogP contribution >= 0.6 is 0 Å². The van der Waals surface area contributed by atoms with E-state index in [0.717, 1.165) is 17.7 Å². The van der Waals surface area contributed by atoms with Gasteiger partial charge in [0.05, 0.1) is 13.7 Å². The van der Waals surface area contributed by atoms with Crippen molar-refractivity contribution in [2.45, 2.75) is 31.7 Å². The smallest absolute Gasteiger partial charge is 0.326 e. The van der Waals surface area contributed by atoms with E-state index in [2.05, 4.69) is 15.5 Å². The van der Waals surface area contributed by atoms with Crippen LogP contribution in [0.1, 0.15) is 25.2 Å². The Kier molecular flexibility index (Phi) is 6.59. The lowest BCUT2D eigenvalue weighted by molar-refractivity contribution is -0.145. The van der Waals surface area contributed by atoms with Gasteiger partial charge in [-0.2, -0.15) is 4.98 Å². The molecule has 1 aliphatic rings. The van der Waals surface area contributed by atoms with Crippen LogP contribution in [0.3, 0.4) is 0 Å². The molecule has 1 saturated heterocycles.